The van der Waals surface area contributed by atoms with Gasteiger partial charge in [0.1, 0.15) is 6.54 Å². The molecule has 0 atom stereocenters. The fraction of sp³-hybridized carbons (Fsp3) is 0.176. The lowest BCUT2D eigenvalue weighted by atomic mass is 10.2. The molecule has 1 amide bonds. The van der Waals surface area contributed by atoms with Crippen molar-refractivity contribution in [1.29, 1.82) is 0 Å². The van der Waals surface area contributed by atoms with Gasteiger partial charge in [0.2, 0.25) is 10.0 Å². The van der Waals surface area contributed by atoms with Crippen LogP contribution in [-0.2, 0) is 14.8 Å². The van der Waals surface area contributed by atoms with Gasteiger partial charge in [-0.1, -0.05) is 30.3 Å². The Morgan fingerprint density at radius 3 is 2.36 bits per heavy atom. The van der Waals surface area contributed by atoms with Gasteiger partial charge >= 0.3 is 0 Å². The number of hydrazone groups is 1. The second-order valence-corrected chi connectivity index (χ2v) is 7.96. The van der Waals surface area contributed by atoms with Gasteiger partial charge in [0.25, 0.3) is 5.91 Å². The summed E-state index contributed by atoms with van der Waals surface area (Å²) in [4.78, 5) is 13.2. The number of thioether (sulfide) groups is 1. The molecule has 0 aromatic heterocycles. The number of hydrogen-bond acceptors (Lipinski definition) is 5. The zero-order chi connectivity index (χ0) is 18.3. The zero-order valence-corrected chi connectivity index (χ0v) is 15.5. The van der Waals surface area contributed by atoms with Crippen LogP contribution in [-0.4, -0.2) is 39.6 Å². The maximum Gasteiger partial charge on any atom is 0.260 e. The van der Waals surface area contributed by atoms with Crippen LogP contribution in [0, 0.1) is 0 Å². The van der Waals surface area contributed by atoms with E-state index in [0.29, 0.717) is 5.69 Å². The molecule has 0 bridgehead atoms. The van der Waals surface area contributed by atoms with Crippen molar-refractivity contribution in [2.24, 2.45) is 5.10 Å². The molecule has 132 valence electrons. The SMILES string of the molecule is CSc1ccc(/C=N\NC(=O)CN(c2ccccc2)S(C)(=O)=O)cc1. The zero-order valence-electron chi connectivity index (χ0n) is 13.9. The normalized spacial score (nSPS) is 11.4. The Kier molecular flexibility index (Phi) is 6.60. The summed E-state index contributed by atoms with van der Waals surface area (Å²) >= 11 is 1.64. The minimum Gasteiger partial charge on any atom is -0.271 e. The first-order valence-electron chi connectivity index (χ1n) is 7.39. The number of para-hydroxylation sites is 1. The average Bonchev–Trinajstić information content (AvgIpc) is 2.60. The van der Waals surface area contributed by atoms with Gasteiger partial charge in [-0.05, 0) is 36.1 Å². The summed E-state index contributed by atoms with van der Waals surface area (Å²) in [6.45, 7) is -0.342. The van der Waals surface area contributed by atoms with Crippen molar-refractivity contribution in [3.8, 4) is 0 Å². The number of nitrogens with one attached hydrogen (secondary N) is 1. The molecule has 2 aromatic carbocycles. The van der Waals surface area contributed by atoms with Gasteiger partial charge in [0, 0.05) is 4.90 Å². The number of amides is 1. The van der Waals surface area contributed by atoms with E-state index in [1.807, 2.05) is 30.5 Å². The van der Waals surface area contributed by atoms with E-state index in [1.165, 1.54) is 6.21 Å². The number of carbonyl (C=O) groups is 1. The fourth-order valence-electron chi connectivity index (χ4n) is 2.03. The van der Waals surface area contributed by atoms with E-state index < -0.39 is 15.9 Å². The molecule has 0 radical (unpaired) electrons. The Hall–Kier alpha value is -2.32. The molecule has 0 aliphatic rings. The molecule has 8 heteroatoms. The highest BCUT2D eigenvalue weighted by Crippen LogP contribution is 2.16. The minimum atomic E-state index is -3.58. The van der Waals surface area contributed by atoms with E-state index >= 15 is 0 Å². The first-order valence-corrected chi connectivity index (χ1v) is 10.5. The van der Waals surface area contributed by atoms with Crippen LogP contribution >= 0.6 is 11.8 Å². The summed E-state index contributed by atoms with van der Waals surface area (Å²) in [6, 6.07) is 16.1. The van der Waals surface area contributed by atoms with Crippen LogP contribution in [0.15, 0.2) is 64.6 Å². The molecule has 0 fully saturated rings. The molecular formula is C17H19N3O3S2. The molecule has 0 saturated heterocycles. The third-order valence-electron chi connectivity index (χ3n) is 3.25. The largest absolute Gasteiger partial charge is 0.271 e. The molecule has 2 aromatic rings. The van der Waals surface area contributed by atoms with Crippen molar-refractivity contribution in [2.75, 3.05) is 23.4 Å². The average molecular weight is 377 g/mol. The predicted molar refractivity (Wildman–Crippen MR) is 103 cm³/mol. The van der Waals surface area contributed by atoms with E-state index in [4.69, 9.17) is 0 Å². The molecule has 6 nitrogen and oxygen atoms in total. The van der Waals surface area contributed by atoms with Crippen LogP contribution in [0.5, 0.6) is 0 Å². The second-order valence-electron chi connectivity index (χ2n) is 5.17. The number of benzene rings is 2. The molecule has 25 heavy (non-hydrogen) atoms. The summed E-state index contributed by atoms with van der Waals surface area (Å²) in [5.41, 5.74) is 3.61. The van der Waals surface area contributed by atoms with Crippen molar-refractivity contribution in [3.05, 3.63) is 60.2 Å². The van der Waals surface area contributed by atoms with E-state index in [9.17, 15) is 13.2 Å². The molecule has 0 spiro atoms. The first kappa shape index (κ1) is 19.0. The lowest BCUT2D eigenvalue weighted by Crippen LogP contribution is -2.38. The second kappa shape index (κ2) is 8.68. The Labute approximate surface area is 152 Å². The Bertz CT molecular complexity index is 835. The van der Waals surface area contributed by atoms with E-state index in [-0.39, 0.29) is 6.54 Å². The number of hydrogen-bond donors (Lipinski definition) is 1. The van der Waals surface area contributed by atoms with Crippen molar-refractivity contribution in [3.63, 3.8) is 0 Å². The molecular weight excluding hydrogens is 358 g/mol. The Morgan fingerprint density at radius 1 is 1.16 bits per heavy atom. The smallest absolute Gasteiger partial charge is 0.260 e. The minimum absolute atomic E-state index is 0.342. The van der Waals surface area contributed by atoms with Crippen LogP contribution in [0.4, 0.5) is 5.69 Å². The first-order chi connectivity index (χ1) is 11.9. The quantitative estimate of drug-likeness (QED) is 0.456. The lowest BCUT2D eigenvalue weighted by Gasteiger charge is -2.21. The van der Waals surface area contributed by atoms with Gasteiger partial charge in [-0.2, -0.15) is 5.10 Å². The Morgan fingerprint density at radius 2 is 1.80 bits per heavy atom. The van der Waals surface area contributed by atoms with E-state index in [2.05, 4.69) is 10.5 Å². The van der Waals surface area contributed by atoms with Crippen molar-refractivity contribution < 1.29 is 13.2 Å². The maximum atomic E-state index is 12.0. The number of carbonyl (C=O) groups excluding carboxylic acids is 1. The van der Waals surface area contributed by atoms with Gasteiger partial charge < -0.3 is 0 Å². The van der Waals surface area contributed by atoms with Crippen LogP contribution in [0.1, 0.15) is 5.56 Å². The highest BCUT2D eigenvalue weighted by atomic mass is 32.2. The predicted octanol–water partition coefficient (Wildman–Crippen LogP) is 2.32. The van der Waals surface area contributed by atoms with Crippen molar-refractivity contribution in [2.45, 2.75) is 4.90 Å². The standard InChI is InChI=1S/C17H19N3O3S2/c1-24-16-10-8-14(9-11-16)12-18-19-17(21)13-20(25(2,22)23)15-6-4-3-5-7-15/h3-12H,13H2,1-2H3,(H,19,21)/b18-12-. The van der Waals surface area contributed by atoms with Gasteiger partial charge in [-0.3, -0.25) is 9.10 Å². The molecule has 0 aliphatic heterocycles. The molecule has 0 unspecified atom stereocenters. The highest BCUT2D eigenvalue weighted by Gasteiger charge is 2.20. The highest BCUT2D eigenvalue weighted by molar-refractivity contribution is 7.98. The third-order valence-corrected chi connectivity index (χ3v) is 5.13. The summed E-state index contributed by atoms with van der Waals surface area (Å²) in [7, 11) is -3.58. The summed E-state index contributed by atoms with van der Waals surface area (Å²) in [5, 5.41) is 3.87. The summed E-state index contributed by atoms with van der Waals surface area (Å²) in [5.74, 6) is -0.522. The van der Waals surface area contributed by atoms with Gasteiger partial charge in [0.15, 0.2) is 0 Å². The fourth-order valence-corrected chi connectivity index (χ4v) is 3.29. The molecule has 0 heterocycles. The van der Waals surface area contributed by atoms with E-state index in [1.54, 1.807) is 42.1 Å². The number of sulfonamides is 1. The van der Waals surface area contributed by atoms with Gasteiger partial charge in [-0.15, -0.1) is 11.8 Å². The molecule has 0 aliphatic carbocycles. The van der Waals surface area contributed by atoms with Crippen LogP contribution in [0.25, 0.3) is 0 Å². The van der Waals surface area contributed by atoms with Crippen LogP contribution < -0.4 is 9.73 Å². The molecule has 0 saturated carbocycles. The Balaban J connectivity index is 2.00. The van der Waals surface area contributed by atoms with Crippen LogP contribution in [0.2, 0.25) is 0 Å². The van der Waals surface area contributed by atoms with E-state index in [0.717, 1.165) is 21.0 Å². The summed E-state index contributed by atoms with van der Waals surface area (Å²) in [6.07, 6.45) is 4.56. The number of nitrogens with zero attached hydrogens (tertiary/aromatic N) is 2. The van der Waals surface area contributed by atoms with Crippen LogP contribution in [0.3, 0.4) is 0 Å². The summed E-state index contributed by atoms with van der Waals surface area (Å²) < 4.78 is 24.9. The maximum absolute atomic E-state index is 12.0. The van der Waals surface area contributed by atoms with Gasteiger partial charge in [-0.25, -0.2) is 13.8 Å². The van der Waals surface area contributed by atoms with Gasteiger partial charge in [0.05, 0.1) is 18.2 Å². The third kappa shape index (κ3) is 5.91. The molecule has 2 rings (SSSR count). The van der Waals surface area contributed by atoms with Crippen molar-refractivity contribution >= 4 is 39.6 Å². The monoisotopic (exact) mass is 377 g/mol. The topological polar surface area (TPSA) is 78.8 Å². The number of rotatable bonds is 7. The number of anilines is 1. The molecule has 1 N–H and O–H groups in total. The lowest BCUT2D eigenvalue weighted by molar-refractivity contribution is -0.119. The van der Waals surface area contributed by atoms with Crippen molar-refractivity contribution in [1.82, 2.24) is 5.43 Å².